The second-order valence-corrected chi connectivity index (χ2v) is 7.47. The number of para-hydroxylation sites is 2. The molecule has 0 radical (unpaired) electrons. The molecule has 0 amide bonds. The molecular formula is C20H13FN2O4S. The summed E-state index contributed by atoms with van der Waals surface area (Å²) in [4.78, 5) is 12.4. The summed E-state index contributed by atoms with van der Waals surface area (Å²) in [6, 6.07) is 18.3. The number of nitrogens with zero attached hydrogens (tertiary/aromatic N) is 1. The highest BCUT2D eigenvalue weighted by Gasteiger charge is 2.29. The number of fused-ring (bicyclic) bond motifs is 1. The topological polar surface area (TPSA) is 84.8 Å². The van der Waals surface area contributed by atoms with E-state index in [-0.39, 0.29) is 22.0 Å². The number of rotatable bonds is 3. The molecule has 0 atom stereocenters. The van der Waals surface area contributed by atoms with Gasteiger partial charge in [0.05, 0.1) is 11.3 Å². The molecule has 6 nitrogen and oxygen atoms in total. The lowest BCUT2D eigenvalue weighted by Gasteiger charge is -2.12. The van der Waals surface area contributed by atoms with E-state index in [0.29, 0.717) is 11.3 Å². The van der Waals surface area contributed by atoms with Crippen LogP contribution in [-0.4, -0.2) is 20.2 Å². The fraction of sp³-hybridized carbons (Fsp3) is 0. The highest BCUT2D eigenvalue weighted by Crippen LogP contribution is 2.30. The van der Waals surface area contributed by atoms with E-state index >= 15 is 0 Å². The Bertz CT molecular complexity index is 1220. The van der Waals surface area contributed by atoms with Crippen molar-refractivity contribution in [1.29, 1.82) is 0 Å². The van der Waals surface area contributed by atoms with Gasteiger partial charge in [0.2, 0.25) is 0 Å². The van der Waals surface area contributed by atoms with E-state index in [1.807, 2.05) is 0 Å². The van der Waals surface area contributed by atoms with Crippen molar-refractivity contribution < 1.29 is 22.3 Å². The van der Waals surface area contributed by atoms with Crippen molar-refractivity contribution in [3.63, 3.8) is 0 Å². The van der Waals surface area contributed by atoms with Gasteiger partial charge in [-0.2, -0.15) is 8.42 Å². The number of hydrogen-bond donors (Lipinski definition) is 1. The zero-order chi connectivity index (χ0) is 19.7. The van der Waals surface area contributed by atoms with Crippen LogP contribution >= 0.6 is 0 Å². The molecule has 4 rings (SSSR count). The minimum atomic E-state index is -3.79. The zero-order valence-corrected chi connectivity index (χ0v) is 15.1. The number of sulfonamides is 1. The van der Waals surface area contributed by atoms with Crippen LogP contribution in [0.2, 0.25) is 0 Å². The number of ether oxygens (including phenoxy) is 1. The number of amidine groups is 1. The Hall–Kier alpha value is -3.52. The van der Waals surface area contributed by atoms with E-state index in [9.17, 15) is 17.6 Å². The fourth-order valence-electron chi connectivity index (χ4n) is 2.76. The molecule has 0 saturated carbocycles. The van der Waals surface area contributed by atoms with Crippen LogP contribution in [0.5, 0.6) is 5.75 Å². The van der Waals surface area contributed by atoms with Gasteiger partial charge in [0.1, 0.15) is 10.7 Å². The number of benzene rings is 3. The maximum Gasteiger partial charge on any atom is 0.346 e. The molecule has 3 aromatic carbocycles. The van der Waals surface area contributed by atoms with Crippen LogP contribution in [0.15, 0.2) is 82.1 Å². The van der Waals surface area contributed by atoms with Gasteiger partial charge in [0.15, 0.2) is 11.6 Å². The lowest BCUT2D eigenvalue weighted by atomic mass is 10.2. The van der Waals surface area contributed by atoms with E-state index in [1.165, 1.54) is 30.3 Å². The Morgan fingerprint density at radius 1 is 0.929 bits per heavy atom. The number of esters is 1. The van der Waals surface area contributed by atoms with Gasteiger partial charge in [-0.05, 0) is 36.4 Å². The first-order valence-corrected chi connectivity index (χ1v) is 9.67. The van der Waals surface area contributed by atoms with Gasteiger partial charge < -0.3 is 10.1 Å². The molecule has 140 valence electrons. The number of nitrogens with one attached hydrogen (secondary N) is 1. The Morgan fingerprint density at radius 3 is 2.43 bits per heavy atom. The van der Waals surface area contributed by atoms with E-state index in [4.69, 9.17) is 4.74 Å². The predicted molar refractivity (Wildman–Crippen MR) is 102 cm³/mol. The molecule has 0 aliphatic carbocycles. The van der Waals surface area contributed by atoms with Crippen LogP contribution < -0.4 is 10.1 Å². The molecule has 28 heavy (non-hydrogen) atoms. The third kappa shape index (κ3) is 3.25. The van der Waals surface area contributed by atoms with Gasteiger partial charge in [-0.15, -0.1) is 4.40 Å². The summed E-state index contributed by atoms with van der Waals surface area (Å²) in [6.45, 7) is 0. The summed E-state index contributed by atoms with van der Waals surface area (Å²) in [5, 5.41) is 2.89. The molecule has 0 unspecified atom stereocenters. The molecule has 0 aromatic heterocycles. The Labute approximate surface area is 160 Å². The van der Waals surface area contributed by atoms with Crippen LogP contribution in [0.3, 0.4) is 0 Å². The monoisotopic (exact) mass is 396 g/mol. The normalized spacial score (nSPS) is 14.1. The molecule has 0 fully saturated rings. The van der Waals surface area contributed by atoms with Crippen molar-refractivity contribution in [3.05, 3.63) is 89.7 Å². The van der Waals surface area contributed by atoms with Crippen molar-refractivity contribution in [2.75, 3.05) is 5.32 Å². The second-order valence-electron chi connectivity index (χ2n) is 5.90. The molecule has 1 aliphatic heterocycles. The second kappa shape index (κ2) is 6.90. The third-order valence-corrected chi connectivity index (χ3v) is 5.40. The average Bonchev–Trinajstić information content (AvgIpc) is 2.94. The third-order valence-electron chi connectivity index (χ3n) is 4.07. The Morgan fingerprint density at radius 2 is 1.61 bits per heavy atom. The summed E-state index contributed by atoms with van der Waals surface area (Å²) < 4.78 is 47.3. The van der Waals surface area contributed by atoms with Crippen molar-refractivity contribution in [3.8, 4) is 5.75 Å². The van der Waals surface area contributed by atoms with Crippen molar-refractivity contribution in [1.82, 2.24) is 0 Å². The molecule has 0 spiro atoms. The van der Waals surface area contributed by atoms with Gasteiger partial charge in [-0.25, -0.2) is 9.18 Å². The molecule has 0 saturated heterocycles. The first-order chi connectivity index (χ1) is 13.5. The van der Waals surface area contributed by atoms with Gasteiger partial charge in [0, 0.05) is 5.56 Å². The Balaban J connectivity index is 1.65. The molecule has 8 heteroatoms. The minimum Gasteiger partial charge on any atom is -0.421 e. The first kappa shape index (κ1) is 17.9. The fourth-order valence-corrected chi connectivity index (χ4v) is 3.94. The number of hydrogen-bond acceptors (Lipinski definition) is 5. The number of carbonyl (C=O) groups excluding carboxylic acids is 1. The highest BCUT2D eigenvalue weighted by atomic mass is 32.2. The Kier molecular flexibility index (Phi) is 4.40. The molecule has 3 aromatic rings. The van der Waals surface area contributed by atoms with Crippen LogP contribution in [0, 0.1) is 5.82 Å². The maximum absolute atomic E-state index is 13.8. The van der Waals surface area contributed by atoms with Gasteiger partial charge >= 0.3 is 5.97 Å². The summed E-state index contributed by atoms with van der Waals surface area (Å²) in [5.41, 5.74) is 0.527. The van der Waals surface area contributed by atoms with Crippen LogP contribution in [0.4, 0.5) is 10.1 Å². The number of carbonyl (C=O) groups is 1. The number of halogens is 1. The molecule has 1 aliphatic rings. The van der Waals surface area contributed by atoms with E-state index in [2.05, 4.69) is 9.71 Å². The van der Waals surface area contributed by atoms with Crippen LogP contribution in [0.25, 0.3) is 0 Å². The van der Waals surface area contributed by atoms with E-state index < -0.39 is 21.8 Å². The first-order valence-electron chi connectivity index (χ1n) is 8.23. The van der Waals surface area contributed by atoms with Crippen LogP contribution in [-0.2, 0) is 10.0 Å². The maximum atomic E-state index is 13.8. The molecular weight excluding hydrogens is 383 g/mol. The van der Waals surface area contributed by atoms with Crippen molar-refractivity contribution in [2.24, 2.45) is 4.40 Å². The van der Waals surface area contributed by atoms with E-state index in [0.717, 1.165) is 6.07 Å². The number of anilines is 1. The lowest BCUT2D eigenvalue weighted by Crippen LogP contribution is -2.15. The summed E-state index contributed by atoms with van der Waals surface area (Å²) in [6.07, 6.45) is 0. The largest absolute Gasteiger partial charge is 0.421 e. The van der Waals surface area contributed by atoms with Crippen molar-refractivity contribution >= 4 is 27.5 Å². The van der Waals surface area contributed by atoms with Gasteiger partial charge in [0.25, 0.3) is 10.0 Å². The quantitative estimate of drug-likeness (QED) is 0.540. The molecule has 0 bridgehead atoms. The molecule has 1 heterocycles. The van der Waals surface area contributed by atoms with Crippen molar-refractivity contribution in [2.45, 2.75) is 4.90 Å². The van der Waals surface area contributed by atoms with E-state index in [1.54, 1.807) is 36.4 Å². The molecule has 1 N–H and O–H groups in total. The SMILES string of the molecule is O=C(Oc1ccccc1NC1=NS(=O)(=O)c2ccccc21)c1ccccc1F. The highest BCUT2D eigenvalue weighted by molar-refractivity contribution is 7.90. The summed E-state index contributed by atoms with van der Waals surface area (Å²) in [5.74, 6) is -1.34. The standard InChI is InChI=1S/C20H13FN2O4S/c21-15-9-3-1-7-13(15)20(24)27-17-11-5-4-10-16(17)22-19-14-8-2-6-12-18(14)28(25,26)23-19/h1-12H,(H,22,23). The van der Waals surface area contributed by atoms with Gasteiger partial charge in [-0.3, -0.25) is 0 Å². The van der Waals surface area contributed by atoms with Gasteiger partial charge in [-0.1, -0.05) is 36.4 Å². The van der Waals surface area contributed by atoms with Crippen LogP contribution in [0.1, 0.15) is 15.9 Å². The summed E-state index contributed by atoms with van der Waals surface area (Å²) >= 11 is 0. The smallest absolute Gasteiger partial charge is 0.346 e. The minimum absolute atomic E-state index is 0.0957. The average molecular weight is 396 g/mol. The zero-order valence-electron chi connectivity index (χ0n) is 14.3. The lowest BCUT2D eigenvalue weighted by molar-refractivity contribution is 0.0731. The predicted octanol–water partition coefficient (Wildman–Crippen LogP) is 3.61. The summed E-state index contributed by atoms with van der Waals surface area (Å²) in [7, 11) is -3.79.